The highest BCUT2D eigenvalue weighted by Gasteiger charge is 2.13. The second-order valence-corrected chi connectivity index (χ2v) is 5.66. The molecule has 2 heterocycles. The number of hydrogen-bond donors (Lipinski definition) is 1. The minimum Gasteiger partial charge on any atom is -0.486 e. The van der Waals surface area contributed by atoms with Gasteiger partial charge in [0, 0.05) is 11.0 Å². The van der Waals surface area contributed by atoms with Gasteiger partial charge in [-0.05, 0) is 45.9 Å². The van der Waals surface area contributed by atoms with Crippen LogP contribution >= 0.6 is 27.7 Å². The third-order valence-electron chi connectivity index (χ3n) is 2.42. The van der Waals surface area contributed by atoms with Crippen LogP contribution in [0.5, 0.6) is 11.5 Å². The van der Waals surface area contributed by atoms with Crippen LogP contribution in [0.25, 0.3) is 0 Å². The number of anilines is 1. The maximum atomic E-state index is 5.68. The second-order valence-electron chi connectivity index (χ2n) is 3.81. The normalized spacial score (nSPS) is 13.3. The minimum atomic E-state index is 0.432. The Morgan fingerprint density at radius 1 is 1.11 bits per heavy atom. The van der Waals surface area contributed by atoms with Crippen LogP contribution in [0.3, 0.4) is 0 Å². The van der Waals surface area contributed by atoms with Gasteiger partial charge in [-0.25, -0.2) is 9.97 Å². The number of nitrogens with two attached hydrogens (primary N) is 1. The topological polar surface area (TPSA) is 70.3 Å². The number of rotatable bonds is 2. The Kier molecular flexibility index (Phi) is 3.48. The molecule has 1 aliphatic heterocycles. The predicted molar refractivity (Wildman–Crippen MR) is 75.7 cm³/mol. The van der Waals surface area contributed by atoms with E-state index in [9.17, 15) is 0 Å². The van der Waals surface area contributed by atoms with E-state index in [4.69, 9.17) is 15.2 Å². The zero-order valence-corrected chi connectivity index (χ0v) is 12.2. The van der Waals surface area contributed by atoms with E-state index in [1.165, 1.54) is 11.8 Å². The maximum Gasteiger partial charge on any atom is 0.195 e. The average Bonchev–Trinajstić information content (AvgIpc) is 2.37. The van der Waals surface area contributed by atoms with Crippen LogP contribution in [-0.2, 0) is 0 Å². The van der Waals surface area contributed by atoms with Gasteiger partial charge in [-0.15, -0.1) is 0 Å². The Hall–Kier alpha value is -1.47. The van der Waals surface area contributed by atoms with Gasteiger partial charge < -0.3 is 15.2 Å². The lowest BCUT2D eigenvalue weighted by molar-refractivity contribution is 0.171. The maximum absolute atomic E-state index is 5.68. The van der Waals surface area contributed by atoms with E-state index in [1.807, 2.05) is 18.2 Å². The van der Waals surface area contributed by atoms with Crippen LogP contribution in [-0.4, -0.2) is 23.2 Å². The van der Waals surface area contributed by atoms with Crippen LogP contribution in [0.15, 0.2) is 38.9 Å². The lowest BCUT2D eigenvalue weighted by atomic mass is 10.3. The third kappa shape index (κ3) is 2.93. The van der Waals surface area contributed by atoms with Gasteiger partial charge in [0.2, 0.25) is 0 Å². The summed E-state index contributed by atoms with van der Waals surface area (Å²) in [5.74, 6) is 1.95. The molecule has 0 unspecified atom stereocenters. The van der Waals surface area contributed by atoms with E-state index < -0.39 is 0 Å². The largest absolute Gasteiger partial charge is 0.486 e. The predicted octanol–water partition coefficient (Wildman–Crippen LogP) is 2.74. The van der Waals surface area contributed by atoms with Crippen molar-refractivity contribution in [1.82, 2.24) is 9.97 Å². The Bertz CT molecular complexity index is 604. The van der Waals surface area contributed by atoms with Crippen molar-refractivity contribution in [2.24, 2.45) is 0 Å². The molecule has 1 aliphatic rings. The smallest absolute Gasteiger partial charge is 0.195 e. The first-order valence-electron chi connectivity index (χ1n) is 5.58. The molecule has 0 spiro atoms. The van der Waals surface area contributed by atoms with E-state index in [1.54, 1.807) is 6.07 Å². The van der Waals surface area contributed by atoms with Crippen LogP contribution in [0, 0.1) is 0 Å². The van der Waals surface area contributed by atoms with E-state index in [0.29, 0.717) is 28.8 Å². The molecule has 19 heavy (non-hydrogen) atoms. The monoisotopic (exact) mass is 339 g/mol. The van der Waals surface area contributed by atoms with E-state index in [0.717, 1.165) is 16.4 Å². The van der Waals surface area contributed by atoms with Crippen molar-refractivity contribution in [3.05, 3.63) is 28.9 Å². The van der Waals surface area contributed by atoms with Gasteiger partial charge in [0.25, 0.3) is 0 Å². The molecule has 0 aliphatic carbocycles. The van der Waals surface area contributed by atoms with E-state index in [-0.39, 0.29) is 0 Å². The molecule has 0 amide bonds. The quantitative estimate of drug-likeness (QED) is 0.670. The van der Waals surface area contributed by atoms with Crippen LogP contribution in [0.4, 0.5) is 5.82 Å². The van der Waals surface area contributed by atoms with E-state index in [2.05, 4.69) is 25.9 Å². The number of hydrogen-bond acceptors (Lipinski definition) is 6. The van der Waals surface area contributed by atoms with Crippen LogP contribution < -0.4 is 15.2 Å². The molecule has 2 aromatic rings. The molecule has 3 rings (SSSR count). The molecule has 5 nitrogen and oxygen atoms in total. The fourth-order valence-corrected chi connectivity index (χ4v) is 2.98. The summed E-state index contributed by atoms with van der Waals surface area (Å²) in [6.07, 6.45) is 0. The molecule has 98 valence electrons. The lowest BCUT2D eigenvalue weighted by Gasteiger charge is -2.18. The zero-order valence-electron chi connectivity index (χ0n) is 9.80. The second kappa shape index (κ2) is 5.26. The third-order valence-corrected chi connectivity index (χ3v) is 3.68. The number of benzene rings is 1. The Balaban J connectivity index is 1.86. The number of aromatic nitrogens is 2. The summed E-state index contributed by atoms with van der Waals surface area (Å²) in [6, 6.07) is 7.41. The summed E-state index contributed by atoms with van der Waals surface area (Å²) in [5, 5.41) is 0.587. The van der Waals surface area contributed by atoms with Gasteiger partial charge in [0.05, 0.1) is 0 Å². The molecule has 0 atom stereocenters. The first-order chi connectivity index (χ1) is 9.20. The summed E-state index contributed by atoms with van der Waals surface area (Å²) >= 11 is 4.72. The summed E-state index contributed by atoms with van der Waals surface area (Å²) in [5.41, 5.74) is 5.68. The number of nitrogens with zero attached hydrogens (tertiary/aromatic N) is 2. The van der Waals surface area contributed by atoms with Crippen molar-refractivity contribution >= 4 is 33.5 Å². The lowest BCUT2D eigenvalue weighted by Crippen LogP contribution is -2.15. The highest BCUT2D eigenvalue weighted by Crippen LogP contribution is 2.36. The fraction of sp³-hybridized carbons (Fsp3) is 0.167. The summed E-state index contributed by atoms with van der Waals surface area (Å²) in [7, 11) is 0. The number of fused-ring (bicyclic) bond motifs is 1. The zero-order chi connectivity index (χ0) is 13.2. The Labute approximate surface area is 122 Å². The molecule has 0 saturated heterocycles. The van der Waals surface area contributed by atoms with E-state index >= 15 is 0 Å². The summed E-state index contributed by atoms with van der Waals surface area (Å²) in [4.78, 5) is 9.40. The Morgan fingerprint density at radius 3 is 2.68 bits per heavy atom. The molecule has 1 aromatic carbocycles. The fourth-order valence-electron chi connectivity index (χ4n) is 1.65. The first-order valence-corrected chi connectivity index (χ1v) is 7.19. The summed E-state index contributed by atoms with van der Waals surface area (Å²) < 4.78 is 11.7. The van der Waals surface area contributed by atoms with Crippen LogP contribution in [0.1, 0.15) is 0 Å². The van der Waals surface area contributed by atoms with Crippen molar-refractivity contribution in [2.75, 3.05) is 18.9 Å². The van der Waals surface area contributed by atoms with Gasteiger partial charge in [-0.3, -0.25) is 0 Å². The van der Waals surface area contributed by atoms with Crippen molar-refractivity contribution in [3.63, 3.8) is 0 Å². The van der Waals surface area contributed by atoms with Crippen molar-refractivity contribution in [3.8, 4) is 11.5 Å². The average molecular weight is 340 g/mol. The number of halogens is 1. The van der Waals surface area contributed by atoms with Gasteiger partial charge in [0.15, 0.2) is 16.7 Å². The SMILES string of the molecule is Nc1cc(Br)nc(Sc2ccc3c(c2)OCCO3)n1. The first kappa shape index (κ1) is 12.6. The van der Waals surface area contributed by atoms with Gasteiger partial charge >= 0.3 is 0 Å². The molecular formula is C12H10BrN3O2S. The molecule has 0 radical (unpaired) electrons. The number of nitrogen functional groups attached to an aromatic ring is 1. The summed E-state index contributed by atoms with van der Waals surface area (Å²) in [6.45, 7) is 1.16. The molecule has 0 bridgehead atoms. The molecular weight excluding hydrogens is 330 g/mol. The molecule has 2 N–H and O–H groups in total. The van der Waals surface area contributed by atoms with Gasteiger partial charge in [-0.1, -0.05) is 0 Å². The van der Waals surface area contributed by atoms with Gasteiger partial charge in [-0.2, -0.15) is 0 Å². The van der Waals surface area contributed by atoms with Crippen molar-refractivity contribution in [2.45, 2.75) is 10.1 Å². The number of ether oxygens (including phenoxy) is 2. The molecule has 7 heteroatoms. The van der Waals surface area contributed by atoms with Crippen LogP contribution in [0.2, 0.25) is 0 Å². The Morgan fingerprint density at radius 2 is 1.89 bits per heavy atom. The molecule has 1 aromatic heterocycles. The van der Waals surface area contributed by atoms with Crippen molar-refractivity contribution < 1.29 is 9.47 Å². The standard InChI is InChI=1S/C12H10BrN3O2S/c13-10-6-11(14)16-12(15-10)19-7-1-2-8-9(5-7)18-4-3-17-8/h1-2,5-6H,3-4H2,(H2,14,15,16). The molecule has 0 saturated carbocycles. The highest BCUT2D eigenvalue weighted by atomic mass is 79.9. The van der Waals surface area contributed by atoms with Gasteiger partial charge in [0.1, 0.15) is 23.6 Å². The highest BCUT2D eigenvalue weighted by molar-refractivity contribution is 9.10. The van der Waals surface area contributed by atoms with Crippen molar-refractivity contribution in [1.29, 1.82) is 0 Å². The minimum absolute atomic E-state index is 0.432. The molecule has 0 fully saturated rings.